The first-order chi connectivity index (χ1) is 11.7. The van der Waals surface area contributed by atoms with Gasteiger partial charge in [-0.1, -0.05) is 36.0 Å². The molecule has 0 N–H and O–H groups in total. The summed E-state index contributed by atoms with van der Waals surface area (Å²) in [5, 5.41) is 8.77. The predicted molar refractivity (Wildman–Crippen MR) is 93.6 cm³/mol. The summed E-state index contributed by atoms with van der Waals surface area (Å²) in [6.45, 7) is 2.09. The van der Waals surface area contributed by atoms with E-state index in [-0.39, 0.29) is 0 Å². The SMILES string of the molecule is COc1cc(OC)cc(-c2nnc(SCc3ccccc3C)o2)c1. The minimum Gasteiger partial charge on any atom is -0.497 e. The Morgan fingerprint density at radius 2 is 1.71 bits per heavy atom. The van der Waals surface area contributed by atoms with Crippen LogP contribution in [0.1, 0.15) is 11.1 Å². The van der Waals surface area contributed by atoms with Gasteiger partial charge in [-0.05, 0) is 30.2 Å². The summed E-state index contributed by atoms with van der Waals surface area (Å²) >= 11 is 1.52. The van der Waals surface area contributed by atoms with E-state index in [0.717, 1.165) is 11.3 Å². The molecule has 0 unspecified atom stereocenters. The van der Waals surface area contributed by atoms with E-state index in [2.05, 4.69) is 29.3 Å². The van der Waals surface area contributed by atoms with Gasteiger partial charge in [0.15, 0.2) is 0 Å². The molecule has 0 amide bonds. The number of hydrogen-bond acceptors (Lipinski definition) is 6. The number of hydrogen-bond donors (Lipinski definition) is 0. The van der Waals surface area contributed by atoms with Crippen molar-refractivity contribution in [2.75, 3.05) is 14.2 Å². The highest BCUT2D eigenvalue weighted by molar-refractivity contribution is 7.98. The second-order valence-electron chi connectivity index (χ2n) is 5.19. The molecule has 3 aromatic rings. The number of aromatic nitrogens is 2. The Morgan fingerprint density at radius 3 is 2.38 bits per heavy atom. The normalized spacial score (nSPS) is 10.6. The van der Waals surface area contributed by atoms with Crippen LogP contribution in [0.3, 0.4) is 0 Å². The monoisotopic (exact) mass is 342 g/mol. The summed E-state index contributed by atoms with van der Waals surface area (Å²) in [5.74, 6) is 2.59. The quantitative estimate of drug-likeness (QED) is 0.621. The van der Waals surface area contributed by atoms with Crippen molar-refractivity contribution in [3.05, 3.63) is 53.6 Å². The van der Waals surface area contributed by atoms with Gasteiger partial charge in [0.05, 0.1) is 14.2 Å². The zero-order valence-electron chi connectivity index (χ0n) is 13.8. The van der Waals surface area contributed by atoms with Crippen LogP contribution in [0, 0.1) is 6.92 Å². The minimum absolute atomic E-state index is 0.444. The maximum Gasteiger partial charge on any atom is 0.277 e. The van der Waals surface area contributed by atoms with E-state index in [0.29, 0.717) is 22.6 Å². The fourth-order valence-electron chi connectivity index (χ4n) is 2.23. The van der Waals surface area contributed by atoms with E-state index in [1.165, 1.54) is 22.9 Å². The Hall–Kier alpha value is -2.47. The molecule has 0 fully saturated rings. The fourth-order valence-corrected chi connectivity index (χ4v) is 3.07. The van der Waals surface area contributed by atoms with Crippen LogP contribution in [0.15, 0.2) is 52.1 Å². The second-order valence-corrected chi connectivity index (χ2v) is 6.12. The van der Waals surface area contributed by atoms with Crippen LogP contribution in [0.5, 0.6) is 11.5 Å². The van der Waals surface area contributed by atoms with E-state index in [1.54, 1.807) is 20.3 Å². The van der Waals surface area contributed by atoms with Crippen LogP contribution in [0.4, 0.5) is 0 Å². The lowest BCUT2D eigenvalue weighted by Crippen LogP contribution is -1.88. The Bertz CT molecular complexity index is 810. The molecule has 0 aliphatic carbocycles. The Morgan fingerprint density at radius 1 is 1.00 bits per heavy atom. The topological polar surface area (TPSA) is 57.4 Å². The second kappa shape index (κ2) is 7.40. The van der Waals surface area contributed by atoms with Crippen molar-refractivity contribution in [1.82, 2.24) is 10.2 Å². The van der Waals surface area contributed by atoms with Gasteiger partial charge in [-0.15, -0.1) is 10.2 Å². The molecule has 1 heterocycles. The van der Waals surface area contributed by atoms with Gasteiger partial charge in [0.25, 0.3) is 5.22 Å². The van der Waals surface area contributed by atoms with Crippen molar-refractivity contribution < 1.29 is 13.9 Å². The van der Waals surface area contributed by atoms with Crippen LogP contribution in [0.2, 0.25) is 0 Å². The van der Waals surface area contributed by atoms with Crippen LogP contribution < -0.4 is 9.47 Å². The van der Waals surface area contributed by atoms with Gasteiger partial charge in [-0.3, -0.25) is 0 Å². The summed E-state index contributed by atoms with van der Waals surface area (Å²) in [4.78, 5) is 0. The lowest BCUT2D eigenvalue weighted by atomic mass is 10.1. The van der Waals surface area contributed by atoms with Crippen molar-refractivity contribution in [2.45, 2.75) is 17.9 Å². The molecule has 0 bridgehead atoms. The molecule has 0 atom stereocenters. The number of nitrogens with zero attached hydrogens (tertiary/aromatic N) is 2. The number of methoxy groups -OCH3 is 2. The summed E-state index contributed by atoms with van der Waals surface area (Å²) in [5.41, 5.74) is 3.27. The van der Waals surface area contributed by atoms with E-state index < -0.39 is 0 Å². The van der Waals surface area contributed by atoms with Gasteiger partial charge in [0.2, 0.25) is 5.89 Å². The molecular formula is C18H18N2O3S. The zero-order valence-corrected chi connectivity index (χ0v) is 14.6. The van der Waals surface area contributed by atoms with Gasteiger partial charge < -0.3 is 13.9 Å². The van der Waals surface area contributed by atoms with E-state index >= 15 is 0 Å². The van der Waals surface area contributed by atoms with Gasteiger partial charge in [0.1, 0.15) is 11.5 Å². The summed E-state index contributed by atoms with van der Waals surface area (Å²) in [6, 6.07) is 13.7. The fraction of sp³-hybridized carbons (Fsp3) is 0.222. The van der Waals surface area contributed by atoms with Crippen LogP contribution >= 0.6 is 11.8 Å². The minimum atomic E-state index is 0.444. The van der Waals surface area contributed by atoms with Crippen LogP contribution in [0.25, 0.3) is 11.5 Å². The standard InChI is InChI=1S/C18H18N2O3S/c1-12-6-4-5-7-13(12)11-24-18-20-19-17(23-18)14-8-15(21-2)10-16(9-14)22-3/h4-10H,11H2,1-3H3. The highest BCUT2D eigenvalue weighted by Gasteiger charge is 2.12. The molecule has 0 saturated heterocycles. The third-order valence-corrected chi connectivity index (χ3v) is 4.48. The van der Waals surface area contributed by atoms with E-state index in [4.69, 9.17) is 13.9 Å². The van der Waals surface area contributed by atoms with Crippen molar-refractivity contribution in [1.29, 1.82) is 0 Å². The largest absolute Gasteiger partial charge is 0.497 e. The Balaban J connectivity index is 1.77. The maximum atomic E-state index is 5.76. The number of thioether (sulfide) groups is 1. The number of benzene rings is 2. The summed E-state index contributed by atoms with van der Waals surface area (Å²) in [7, 11) is 3.21. The smallest absolute Gasteiger partial charge is 0.277 e. The van der Waals surface area contributed by atoms with Gasteiger partial charge in [-0.2, -0.15) is 0 Å². The van der Waals surface area contributed by atoms with Crippen LogP contribution in [-0.4, -0.2) is 24.4 Å². The van der Waals surface area contributed by atoms with Crippen molar-refractivity contribution in [3.63, 3.8) is 0 Å². The molecule has 0 aliphatic heterocycles. The van der Waals surface area contributed by atoms with Crippen molar-refractivity contribution >= 4 is 11.8 Å². The molecule has 24 heavy (non-hydrogen) atoms. The molecule has 5 nitrogen and oxygen atoms in total. The molecule has 0 saturated carbocycles. The van der Waals surface area contributed by atoms with Gasteiger partial charge in [0, 0.05) is 17.4 Å². The summed E-state index contributed by atoms with van der Waals surface area (Å²) in [6.07, 6.45) is 0. The van der Waals surface area contributed by atoms with E-state index in [1.807, 2.05) is 24.3 Å². The first-order valence-electron chi connectivity index (χ1n) is 7.44. The lowest BCUT2D eigenvalue weighted by molar-refractivity contribution is 0.394. The average Bonchev–Trinajstić information content (AvgIpc) is 3.09. The molecule has 1 aromatic heterocycles. The molecule has 2 aromatic carbocycles. The Kier molecular flexibility index (Phi) is 5.05. The highest BCUT2D eigenvalue weighted by Crippen LogP contribution is 2.31. The lowest BCUT2D eigenvalue weighted by Gasteiger charge is -2.05. The molecule has 3 rings (SSSR count). The molecule has 124 valence electrons. The molecule has 0 aliphatic rings. The zero-order chi connectivity index (χ0) is 16.9. The number of aryl methyl sites for hydroxylation is 1. The molecule has 0 radical (unpaired) electrons. The molecule has 0 spiro atoms. The van der Waals surface area contributed by atoms with Crippen LogP contribution in [-0.2, 0) is 5.75 Å². The van der Waals surface area contributed by atoms with Crippen molar-refractivity contribution in [3.8, 4) is 23.0 Å². The predicted octanol–water partition coefficient (Wildman–Crippen LogP) is 4.35. The third kappa shape index (κ3) is 3.71. The molecular weight excluding hydrogens is 324 g/mol. The summed E-state index contributed by atoms with van der Waals surface area (Å²) < 4.78 is 16.3. The molecule has 6 heteroatoms. The third-order valence-electron chi connectivity index (χ3n) is 3.62. The first-order valence-corrected chi connectivity index (χ1v) is 8.42. The number of ether oxygens (including phenoxy) is 2. The first kappa shape index (κ1) is 16.4. The Labute approximate surface area is 145 Å². The number of rotatable bonds is 6. The highest BCUT2D eigenvalue weighted by atomic mass is 32.2. The van der Waals surface area contributed by atoms with Gasteiger partial charge in [-0.25, -0.2) is 0 Å². The maximum absolute atomic E-state index is 5.76. The van der Waals surface area contributed by atoms with Gasteiger partial charge >= 0.3 is 0 Å². The van der Waals surface area contributed by atoms with E-state index in [9.17, 15) is 0 Å². The average molecular weight is 342 g/mol. The van der Waals surface area contributed by atoms with Crippen molar-refractivity contribution in [2.24, 2.45) is 0 Å².